The Morgan fingerprint density at radius 1 is 1.39 bits per heavy atom. The quantitative estimate of drug-likeness (QED) is 0.899. The van der Waals surface area contributed by atoms with Crippen LogP contribution >= 0.6 is 0 Å². The second-order valence-electron chi connectivity index (χ2n) is 5.28. The van der Waals surface area contributed by atoms with E-state index in [1.54, 1.807) is 12.4 Å². The molecule has 100 valence electrons. The standard InChI is InChI=1S/C13H19F2N3/c1-9(2)16-6-10-7-17-12(18-8-10)11-3-4-13(14,15)5-11/h7-9,11,16H,3-6H2,1-2H3. The van der Waals surface area contributed by atoms with Crippen LogP contribution in [0.2, 0.25) is 0 Å². The van der Waals surface area contributed by atoms with Gasteiger partial charge in [0.1, 0.15) is 5.82 Å². The van der Waals surface area contributed by atoms with Crippen molar-refractivity contribution in [3.8, 4) is 0 Å². The van der Waals surface area contributed by atoms with Gasteiger partial charge in [0.25, 0.3) is 0 Å². The molecule has 0 saturated heterocycles. The highest BCUT2D eigenvalue weighted by atomic mass is 19.3. The zero-order chi connectivity index (χ0) is 13.2. The Bertz CT molecular complexity index is 390. The largest absolute Gasteiger partial charge is 0.310 e. The molecule has 1 atom stereocenters. The van der Waals surface area contributed by atoms with Gasteiger partial charge in [0.15, 0.2) is 0 Å². The van der Waals surface area contributed by atoms with Crippen molar-refractivity contribution in [2.24, 2.45) is 0 Å². The van der Waals surface area contributed by atoms with E-state index in [2.05, 4.69) is 29.1 Å². The van der Waals surface area contributed by atoms with Crippen molar-refractivity contribution >= 4 is 0 Å². The predicted octanol–water partition coefficient (Wildman–Crippen LogP) is 2.88. The lowest BCUT2D eigenvalue weighted by Gasteiger charge is -2.11. The summed E-state index contributed by atoms with van der Waals surface area (Å²) < 4.78 is 26.2. The summed E-state index contributed by atoms with van der Waals surface area (Å²) >= 11 is 0. The van der Waals surface area contributed by atoms with E-state index in [0.29, 0.717) is 24.8 Å². The van der Waals surface area contributed by atoms with Gasteiger partial charge in [-0.15, -0.1) is 0 Å². The van der Waals surface area contributed by atoms with E-state index >= 15 is 0 Å². The van der Waals surface area contributed by atoms with Crippen LogP contribution in [-0.2, 0) is 6.54 Å². The molecule has 0 spiro atoms. The van der Waals surface area contributed by atoms with Gasteiger partial charge in [0.05, 0.1) is 0 Å². The van der Waals surface area contributed by atoms with E-state index in [-0.39, 0.29) is 18.8 Å². The first-order valence-corrected chi connectivity index (χ1v) is 6.38. The maximum Gasteiger partial charge on any atom is 0.248 e. The highest BCUT2D eigenvalue weighted by Crippen LogP contribution is 2.42. The maximum atomic E-state index is 13.1. The van der Waals surface area contributed by atoms with Crippen LogP contribution in [0.15, 0.2) is 12.4 Å². The highest BCUT2D eigenvalue weighted by Gasteiger charge is 2.41. The molecule has 1 aromatic rings. The summed E-state index contributed by atoms with van der Waals surface area (Å²) in [6.07, 6.45) is 3.78. The van der Waals surface area contributed by atoms with Crippen molar-refractivity contribution in [1.29, 1.82) is 0 Å². The Morgan fingerprint density at radius 2 is 2.06 bits per heavy atom. The summed E-state index contributed by atoms with van der Waals surface area (Å²) in [5.74, 6) is -2.17. The second kappa shape index (κ2) is 5.26. The molecular weight excluding hydrogens is 236 g/mol. The van der Waals surface area contributed by atoms with Crippen LogP contribution in [0.1, 0.15) is 50.4 Å². The van der Waals surface area contributed by atoms with Crippen molar-refractivity contribution < 1.29 is 8.78 Å². The molecule has 2 rings (SSSR count). The molecule has 1 unspecified atom stereocenters. The summed E-state index contributed by atoms with van der Waals surface area (Å²) in [4.78, 5) is 8.44. The molecule has 18 heavy (non-hydrogen) atoms. The van der Waals surface area contributed by atoms with E-state index in [4.69, 9.17) is 0 Å². The molecule has 0 aliphatic heterocycles. The molecule has 0 aromatic carbocycles. The molecule has 5 heteroatoms. The van der Waals surface area contributed by atoms with Crippen LogP contribution in [0.5, 0.6) is 0 Å². The monoisotopic (exact) mass is 255 g/mol. The van der Waals surface area contributed by atoms with Gasteiger partial charge in [-0.2, -0.15) is 0 Å². The molecule has 1 aromatic heterocycles. The fraction of sp³-hybridized carbons (Fsp3) is 0.692. The summed E-state index contributed by atoms with van der Waals surface area (Å²) in [5, 5.41) is 3.26. The van der Waals surface area contributed by atoms with Crippen LogP contribution < -0.4 is 5.32 Å². The van der Waals surface area contributed by atoms with E-state index in [9.17, 15) is 8.78 Å². The number of rotatable bonds is 4. The van der Waals surface area contributed by atoms with Crippen LogP contribution in [0.4, 0.5) is 8.78 Å². The molecule has 0 amide bonds. The number of alkyl halides is 2. The first-order valence-electron chi connectivity index (χ1n) is 6.38. The summed E-state index contributed by atoms with van der Waals surface area (Å²) in [6.45, 7) is 4.84. The Hall–Kier alpha value is -1.10. The highest BCUT2D eigenvalue weighted by molar-refractivity contribution is 5.09. The number of aromatic nitrogens is 2. The van der Waals surface area contributed by atoms with Crippen LogP contribution in [-0.4, -0.2) is 21.9 Å². The number of hydrogen-bond donors (Lipinski definition) is 1. The van der Waals surface area contributed by atoms with E-state index in [1.807, 2.05) is 0 Å². The lowest BCUT2D eigenvalue weighted by atomic mass is 10.1. The third-order valence-electron chi connectivity index (χ3n) is 3.21. The third-order valence-corrected chi connectivity index (χ3v) is 3.21. The molecule has 0 bridgehead atoms. The Balaban J connectivity index is 1.96. The number of hydrogen-bond acceptors (Lipinski definition) is 3. The Kier molecular flexibility index (Phi) is 3.90. The van der Waals surface area contributed by atoms with Crippen LogP contribution in [0.3, 0.4) is 0 Å². The molecule has 0 radical (unpaired) electrons. The van der Waals surface area contributed by atoms with Gasteiger partial charge >= 0.3 is 0 Å². The minimum Gasteiger partial charge on any atom is -0.310 e. The van der Waals surface area contributed by atoms with Gasteiger partial charge in [0, 0.05) is 49.3 Å². The van der Waals surface area contributed by atoms with Gasteiger partial charge in [-0.05, 0) is 6.42 Å². The molecule has 1 aliphatic carbocycles. The minimum atomic E-state index is -2.54. The zero-order valence-corrected chi connectivity index (χ0v) is 10.8. The molecule has 1 aliphatic rings. The fourth-order valence-electron chi connectivity index (χ4n) is 2.16. The average Bonchev–Trinajstić information content (AvgIpc) is 2.68. The van der Waals surface area contributed by atoms with Crippen LogP contribution in [0.25, 0.3) is 0 Å². The zero-order valence-electron chi connectivity index (χ0n) is 10.8. The normalized spacial score (nSPS) is 22.6. The van der Waals surface area contributed by atoms with Crippen LogP contribution in [0, 0.1) is 0 Å². The fourth-order valence-corrected chi connectivity index (χ4v) is 2.16. The topological polar surface area (TPSA) is 37.8 Å². The van der Waals surface area contributed by atoms with Crippen molar-refractivity contribution in [2.75, 3.05) is 0 Å². The van der Waals surface area contributed by atoms with E-state index in [1.165, 1.54) is 0 Å². The van der Waals surface area contributed by atoms with Crippen molar-refractivity contribution in [3.63, 3.8) is 0 Å². The second-order valence-corrected chi connectivity index (χ2v) is 5.28. The molecule has 1 N–H and O–H groups in total. The number of halogens is 2. The lowest BCUT2D eigenvalue weighted by molar-refractivity contribution is 0.00754. The van der Waals surface area contributed by atoms with Gasteiger partial charge in [-0.3, -0.25) is 0 Å². The molecular formula is C13H19F2N3. The number of nitrogens with zero attached hydrogens (tertiary/aromatic N) is 2. The predicted molar refractivity (Wildman–Crippen MR) is 65.5 cm³/mol. The summed E-state index contributed by atoms with van der Waals surface area (Å²) in [5.41, 5.74) is 0.984. The van der Waals surface area contributed by atoms with Gasteiger partial charge in [-0.1, -0.05) is 13.8 Å². The molecule has 1 fully saturated rings. The van der Waals surface area contributed by atoms with Gasteiger partial charge in [-0.25, -0.2) is 18.7 Å². The van der Waals surface area contributed by atoms with E-state index < -0.39 is 5.92 Å². The third kappa shape index (κ3) is 3.45. The first kappa shape index (κ1) is 13.3. The van der Waals surface area contributed by atoms with E-state index in [0.717, 1.165) is 5.56 Å². The Labute approximate surface area is 106 Å². The van der Waals surface area contributed by atoms with Crippen molar-refractivity contribution in [3.05, 3.63) is 23.8 Å². The maximum absolute atomic E-state index is 13.1. The summed E-state index contributed by atoms with van der Waals surface area (Å²) in [7, 11) is 0. The number of nitrogens with one attached hydrogen (secondary N) is 1. The van der Waals surface area contributed by atoms with Crippen molar-refractivity contribution in [2.45, 2.75) is 57.5 Å². The molecule has 1 heterocycles. The van der Waals surface area contributed by atoms with Gasteiger partial charge < -0.3 is 5.32 Å². The SMILES string of the molecule is CC(C)NCc1cnc(C2CCC(F)(F)C2)nc1. The lowest BCUT2D eigenvalue weighted by Crippen LogP contribution is -2.22. The minimum absolute atomic E-state index is 0.0440. The summed E-state index contributed by atoms with van der Waals surface area (Å²) in [6, 6.07) is 0.401. The average molecular weight is 255 g/mol. The Morgan fingerprint density at radius 3 is 2.56 bits per heavy atom. The van der Waals surface area contributed by atoms with Gasteiger partial charge in [0.2, 0.25) is 5.92 Å². The first-order chi connectivity index (χ1) is 8.46. The van der Waals surface area contributed by atoms with Crippen molar-refractivity contribution in [1.82, 2.24) is 15.3 Å². The molecule has 1 saturated carbocycles. The smallest absolute Gasteiger partial charge is 0.248 e. The molecule has 3 nitrogen and oxygen atoms in total.